The van der Waals surface area contributed by atoms with Gasteiger partial charge in [-0.15, -0.1) is 0 Å². The Morgan fingerprint density at radius 2 is 1.59 bits per heavy atom. The van der Waals surface area contributed by atoms with Crippen molar-refractivity contribution in [2.24, 2.45) is 0 Å². The minimum atomic E-state index is -5.63. The molecule has 0 radical (unpaired) electrons. The van der Waals surface area contributed by atoms with Crippen molar-refractivity contribution in [3.8, 4) is 0 Å². The van der Waals surface area contributed by atoms with E-state index >= 15 is 0 Å². The van der Waals surface area contributed by atoms with Gasteiger partial charge in [0.15, 0.2) is 0 Å². The Bertz CT molecular complexity index is 1560. The van der Waals surface area contributed by atoms with Gasteiger partial charge in [0.1, 0.15) is 0 Å². The van der Waals surface area contributed by atoms with Crippen LogP contribution in [0.3, 0.4) is 0 Å². The number of fused-ring (bicyclic) bond motifs is 1. The van der Waals surface area contributed by atoms with E-state index in [0.717, 1.165) is 17.8 Å². The summed E-state index contributed by atoms with van der Waals surface area (Å²) < 4.78 is 63.9. The number of amides is 1. The minimum Gasteiger partial charge on any atom is -0.354 e. The van der Waals surface area contributed by atoms with Crippen LogP contribution in [-0.4, -0.2) is 36.8 Å². The van der Waals surface area contributed by atoms with Crippen LogP contribution in [0, 0.1) is 0 Å². The first-order chi connectivity index (χ1) is 19.4. The smallest absolute Gasteiger partial charge is 0.354 e. The predicted molar refractivity (Wildman–Crippen MR) is 155 cm³/mol. The van der Waals surface area contributed by atoms with E-state index in [1.54, 1.807) is 4.72 Å². The van der Waals surface area contributed by atoms with Crippen LogP contribution in [0.15, 0.2) is 72.8 Å². The second kappa shape index (κ2) is 11.2. The molecule has 7 nitrogen and oxygen atoms in total. The molecule has 1 saturated heterocycles. The fourth-order valence-corrected chi connectivity index (χ4v) is 5.96. The molecule has 0 aliphatic carbocycles. The van der Waals surface area contributed by atoms with E-state index in [1.807, 2.05) is 54.6 Å². The monoisotopic (exact) mass is 584 g/mol. The number of carbonyl (C=O) groups is 1. The van der Waals surface area contributed by atoms with Crippen LogP contribution in [0.4, 0.5) is 30.2 Å². The quantitative estimate of drug-likeness (QED) is 0.271. The van der Waals surface area contributed by atoms with Gasteiger partial charge in [-0.2, -0.15) is 21.6 Å². The van der Waals surface area contributed by atoms with E-state index < -0.39 is 21.4 Å². The topological polar surface area (TPSA) is 90.5 Å². The Morgan fingerprint density at radius 1 is 0.951 bits per heavy atom. The molecule has 41 heavy (non-hydrogen) atoms. The third kappa shape index (κ3) is 6.11. The number of alkyl halides is 3. The van der Waals surface area contributed by atoms with Crippen molar-refractivity contribution in [1.82, 2.24) is 4.90 Å². The van der Waals surface area contributed by atoms with Gasteiger partial charge in [-0.05, 0) is 68.1 Å². The number of nitrogens with zero attached hydrogens (tertiary/aromatic N) is 1. The van der Waals surface area contributed by atoms with Crippen molar-refractivity contribution in [1.29, 1.82) is 0 Å². The summed E-state index contributed by atoms with van der Waals surface area (Å²) in [6.45, 7) is 5.35. The number of piperidine rings is 1. The molecule has 2 atom stereocenters. The average Bonchev–Trinajstić information content (AvgIpc) is 3.24. The van der Waals surface area contributed by atoms with E-state index in [-0.39, 0.29) is 16.8 Å². The molecule has 5 rings (SSSR count). The van der Waals surface area contributed by atoms with E-state index in [9.17, 15) is 26.4 Å². The molecule has 0 spiro atoms. The molecule has 11 heteroatoms. The van der Waals surface area contributed by atoms with Crippen LogP contribution < -0.4 is 15.4 Å². The predicted octanol–water partition coefficient (Wildman–Crippen LogP) is 6.64. The summed E-state index contributed by atoms with van der Waals surface area (Å²) in [6.07, 6.45) is 3.60. The number of carbonyl (C=O) groups excluding carboxylic acids is 1. The van der Waals surface area contributed by atoms with Gasteiger partial charge in [0, 0.05) is 41.3 Å². The zero-order valence-electron chi connectivity index (χ0n) is 22.6. The molecule has 2 aliphatic rings. The molecule has 0 aromatic heterocycles. The molecule has 0 bridgehead atoms. The molecule has 2 aliphatic heterocycles. The number of benzene rings is 3. The highest BCUT2D eigenvalue weighted by Crippen LogP contribution is 2.39. The van der Waals surface area contributed by atoms with Crippen molar-refractivity contribution < 1.29 is 26.4 Å². The zero-order chi connectivity index (χ0) is 29.4. The Balaban J connectivity index is 1.49. The minimum absolute atomic E-state index is 0.180. The molecule has 3 N–H and O–H groups in total. The lowest BCUT2D eigenvalue weighted by atomic mass is 9.96. The van der Waals surface area contributed by atoms with Crippen LogP contribution in [0.5, 0.6) is 0 Å². The Hall–Kier alpha value is -3.83. The summed E-state index contributed by atoms with van der Waals surface area (Å²) in [7, 11) is -5.63. The molecule has 1 fully saturated rings. The van der Waals surface area contributed by atoms with E-state index in [1.165, 1.54) is 37.5 Å². The second-order valence-electron chi connectivity index (χ2n) is 10.5. The van der Waals surface area contributed by atoms with Crippen molar-refractivity contribution in [3.05, 3.63) is 89.5 Å². The second-order valence-corrected chi connectivity index (χ2v) is 12.2. The first-order valence-corrected chi connectivity index (χ1v) is 14.9. The number of hydrogen-bond donors (Lipinski definition) is 3. The van der Waals surface area contributed by atoms with Gasteiger partial charge in [-0.25, -0.2) is 0 Å². The van der Waals surface area contributed by atoms with Gasteiger partial charge in [-0.1, -0.05) is 48.9 Å². The number of halogens is 3. The van der Waals surface area contributed by atoms with Gasteiger partial charge >= 0.3 is 15.5 Å². The fraction of sp³-hybridized carbons (Fsp3) is 0.300. The molecule has 216 valence electrons. The molecule has 1 amide bonds. The number of sulfonamides is 1. The highest BCUT2D eigenvalue weighted by molar-refractivity contribution is 7.93. The molecule has 3 aromatic rings. The van der Waals surface area contributed by atoms with Gasteiger partial charge in [0.2, 0.25) is 0 Å². The van der Waals surface area contributed by atoms with E-state index in [4.69, 9.17) is 0 Å². The van der Waals surface area contributed by atoms with Crippen LogP contribution in [0.2, 0.25) is 0 Å². The van der Waals surface area contributed by atoms with Crippen LogP contribution in [0.1, 0.15) is 49.8 Å². The Kier molecular flexibility index (Phi) is 7.85. The van der Waals surface area contributed by atoms with Crippen molar-refractivity contribution in [3.63, 3.8) is 0 Å². The molecule has 2 unspecified atom stereocenters. The van der Waals surface area contributed by atoms with Gasteiger partial charge in [-0.3, -0.25) is 14.4 Å². The number of likely N-dealkylation sites (tertiary alicyclic amines) is 1. The maximum Gasteiger partial charge on any atom is 0.516 e. The van der Waals surface area contributed by atoms with Crippen LogP contribution in [-0.2, 0) is 21.4 Å². The maximum absolute atomic E-state index is 13.2. The van der Waals surface area contributed by atoms with Gasteiger partial charge in [0.25, 0.3) is 5.91 Å². The molecular weight excluding hydrogens is 553 g/mol. The fourth-order valence-electron chi connectivity index (χ4n) is 5.41. The summed E-state index contributed by atoms with van der Waals surface area (Å²) in [5.41, 5.74) is -2.00. The zero-order valence-corrected chi connectivity index (χ0v) is 23.4. The Morgan fingerprint density at radius 3 is 2.22 bits per heavy atom. The molecular formula is C30H31F3N4O3S. The lowest BCUT2D eigenvalue weighted by molar-refractivity contribution is -0.110. The summed E-state index contributed by atoms with van der Waals surface area (Å²) in [6, 6.07) is 21.8. The first-order valence-electron chi connectivity index (χ1n) is 13.4. The highest BCUT2D eigenvalue weighted by atomic mass is 32.2. The third-order valence-electron chi connectivity index (χ3n) is 7.60. The van der Waals surface area contributed by atoms with Crippen molar-refractivity contribution >= 4 is 44.3 Å². The van der Waals surface area contributed by atoms with E-state index in [0.29, 0.717) is 29.0 Å². The summed E-state index contributed by atoms with van der Waals surface area (Å²) in [4.78, 5) is 15.7. The number of anilines is 3. The standard InChI is InChI=1S/C30H31F3N4O3S/c1-19-7-6-8-20(2)37(19)18-21-11-13-23(14-12-21)34-28(22-9-4-3-5-10-22)27-25-17-24(15-16-26(25)35-29(27)38)36-41(39,40)30(31,32)33/h3-5,9-17,19-20,34,36H,6-8,18H2,1-2H3,(H,35,38). The average molecular weight is 585 g/mol. The van der Waals surface area contributed by atoms with Crippen molar-refractivity contribution in [2.45, 2.75) is 57.2 Å². The third-order valence-corrected chi connectivity index (χ3v) is 8.71. The lowest BCUT2D eigenvalue weighted by Gasteiger charge is -2.39. The SMILES string of the molecule is CC1CCCC(C)N1Cc1ccc(NC(=C2C(=O)Nc3ccc(NS(=O)(=O)C(F)(F)F)cc32)c2ccccc2)cc1. The molecule has 2 heterocycles. The largest absolute Gasteiger partial charge is 0.516 e. The summed E-state index contributed by atoms with van der Waals surface area (Å²) >= 11 is 0. The van der Waals surface area contributed by atoms with Crippen LogP contribution >= 0.6 is 0 Å². The number of nitrogens with one attached hydrogen (secondary N) is 3. The van der Waals surface area contributed by atoms with E-state index in [2.05, 4.69) is 29.4 Å². The van der Waals surface area contributed by atoms with Gasteiger partial charge < -0.3 is 10.6 Å². The maximum atomic E-state index is 13.2. The summed E-state index contributed by atoms with van der Waals surface area (Å²) in [5, 5.41) is 6.06. The molecule has 0 saturated carbocycles. The number of hydrogen-bond acceptors (Lipinski definition) is 5. The first kappa shape index (κ1) is 28.7. The normalized spacial score (nSPS) is 20.8. The highest BCUT2D eigenvalue weighted by Gasteiger charge is 2.46. The van der Waals surface area contributed by atoms with Gasteiger partial charge in [0.05, 0.1) is 11.3 Å². The van der Waals surface area contributed by atoms with Crippen LogP contribution in [0.25, 0.3) is 11.3 Å². The number of rotatable bonds is 7. The molecule has 3 aromatic carbocycles. The van der Waals surface area contributed by atoms with Crippen molar-refractivity contribution in [2.75, 3.05) is 15.4 Å². The lowest BCUT2D eigenvalue weighted by Crippen LogP contribution is -2.42. The summed E-state index contributed by atoms with van der Waals surface area (Å²) in [5.74, 6) is -0.466. The Labute approximate surface area is 237 Å².